The number of fused-ring (bicyclic) bond motifs is 1. The monoisotopic (exact) mass is 355 g/mol. The molecule has 1 amide bonds. The average Bonchev–Trinajstić information content (AvgIpc) is 2.91. The van der Waals surface area contributed by atoms with Gasteiger partial charge in [-0.15, -0.1) is 0 Å². The number of benzene rings is 2. The standard InChI is InChI=1S/C20H21NO5/c22-18(10-7-14-5-8-15(9-6-14)20(23)24)21-13-16-3-1-4-17-19(16)26-12-2-11-25-17/h1,3-6,8-9H,2,7,10-13H2,(H,21,22)(H,23,24). The molecule has 0 aromatic heterocycles. The Morgan fingerprint density at radius 3 is 2.58 bits per heavy atom. The van der Waals surface area contributed by atoms with Crippen LogP contribution in [0.4, 0.5) is 0 Å². The Hall–Kier alpha value is -3.02. The molecule has 2 aromatic carbocycles. The fraction of sp³-hybridized carbons (Fsp3) is 0.300. The molecule has 2 aromatic rings. The predicted octanol–water partition coefficient (Wildman–Crippen LogP) is 2.80. The van der Waals surface area contributed by atoms with Crippen molar-refractivity contribution >= 4 is 11.9 Å². The Morgan fingerprint density at radius 1 is 1.04 bits per heavy atom. The third kappa shape index (κ3) is 4.53. The lowest BCUT2D eigenvalue weighted by atomic mass is 10.1. The summed E-state index contributed by atoms with van der Waals surface area (Å²) in [6.07, 6.45) is 1.72. The lowest BCUT2D eigenvalue weighted by Crippen LogP contribution is -2.23. The summed E-state index contributed by atoms with van der Waals surface area (Å²) in [5, 5.41) is 11.8. The van der Waals surface area contributed by atoms with Gasteiger partial charge < -0.3 is 19.9 Å². The highest BCUT2D eigenvalue weighted by atomic mass is 16.5. The van der Waals surface area contributed by atoms with Crippen molar-refractivity contribution in [3.8, 4) is 11.5 Å². The lowest BCUT2D eigenvalue weighted by molar-refractivity contribution is -0.121. The highest BCUT2D eigenvalue weighted by Gasteiger charge is 2.15. The van der Waals surface area contributed by atoms with Gasteiger partial charge in [-0.3, -0.25) is 4.79 Å². The van der Waals surface area contributed by atoms with Crippen LogP contribution in [0, 0.1) is 0 Å². The van der Waals surface area contributed by atoms with Gasteiger partial charge in [-0.05, 0) is 30.2 Å². The fourth-order valence-electron chi connectivity index (χ4n) is 2.75. The second kappa shape index (κ2) is 8.38. The molecule has 26 heavy (non-hydrogen) atoms. The molecule has 2 N–H and O–H groups in total. The third-order valence-electron chi connectivity index (χ3n) is 4.17. The number of carboxylic acids is 1. The molecule has 136 valence electrons. The summed E-state index contributed by atoms with van der Waals surface area (Å²) in [6, 6.07) is 12.2. The SMILES string of the molecule is O=C(CCc1ccc(C(=O)O)cc1)NCc1cccc2c1OCCCO2. The van der Waals surface area contributed by atoms with E-state index in [9.17, 15) is 9.59 Å². The van der Waals surface area contributed by atoms with Crippen molar-refractivity contribution in [2.45, 2.75) is 25.8 Å². The van der Waals surface area contributed by atoms with Crippen LogP contribution >= 0.6 is 0 Å². The maximum absolute atomic E-state index is 12.1. The number of hydrogen-bond acceptors (Lipinski definition) is 4. The summed E-state index contributed by atoms with van der Waals surface area (Å²) in [5.41, 5.74) is 2.06. The van der Waals surface area contributed by atoms with Crippen molar-refractivity contribution in [1.29, 1.82) is 0 Å². The van der Waals surface area contributed by atoms with Gasteiger partial charge in [-0.2, -0.15) is 0 Å². The first-order chi connectivity index (χ1) is 12.6. The van der Waals surface area contributed by atoms with Gasteiger partial charge >= 0.3 is 5.97 Å². The topological polar surface area (TPSA) is 84.9 Å². The molecule has 0 aliphatic carbocycles. The number of rotatable bonds is 6. The molecular formula is C20H21NO5. The number of nitrogens with one attached hydrogen (secondary N) is 1. The van der Waals surface area contributed by atoms with Crippen LogP contribution in [0.5, 0.6) is 11.5 Å². The van der Waals surface area contributed by atoms with E-state index in [2.05, 4.69) is 5.32 Å². The van der Waals surface area contributed by atoms with Gasteiger partial charge in [0.05, 0.1) is 18.8 Å². The van der Waals surface area contributed by atoms with Gasteiger partial charge in [0.25, 0.3) is 0 Å². The maximum Gasteiger partial charge on any atom is 0.335 e. The summed E-state index contributed by atoms with van der Waals surface area (Å²) >= 11 is 0. The quantitative estimate of drug-likeness (QED) is 0.832. The van der Waals surface area contributed by atoms with Crippen molar-refractivity contribution in [3.63, 3.8) is 0 Å². The number of carboxylic acid groups (broad SMARTS) is 1. The molecule has 1 aliphatic heterocycles. The Bertz CT molecular complexity index is 785. The van der Waals surface area contributed by atoms with Crippen molar-refractivity contribution in [3.05, 3.63) is 59.2 Å². The zero-order valence-electron chi connectivity index (χ0n) is 14.4. The normalized spacial score (nSPS) is 12.9. The molecule has 3 rings (SSSR count). The molecule has 6 nitrogen and oxygen atoms in total. The lowest BCUT2D eigenvalue weighted by Gasteiger charge is -2.13. The summed E-state index contributed by atoms with van der Waals surface area (Å²) in [5.74, 6) is 0.393. The molecule has 1 aliphatic rings. The number of carbonyl (C=O) groups excluding carboxylic acids is 1. The summed E-state index contributed by atoms with van der Waals surface area (Å²) in [4.78, 5) is 23.0. The van der Waals surface area contributed by atoms with Crippen molar-refractivity contribution in [1.82, 2.24) is 5.32 Å². The van der Waals surface area contributed by atoms with Gasteiger partial charge in [0, 0.05) is 24.9 Å². The van der Waals surface area contributed by atoms with Crippen LogP contribution in [0.3, 0.4) is 0 Å². The highest BCUT2D eigenvalue weighted by Crippen LogP contribution is 2.33. The molecular weight excluding hydrogens is 334 g/mol. The maximum atomic E-state index is 12.1. The number of aromatic carboxylic acids is 1. The first-order valence-corrected chi connectivity index (χ1v) is 8.60. The molecule has 0 bridgehead atoms. The summed E-state index contributed by atoms with van der Waals surface area (Å²) < 4.78 is 11.4. The van der Waals surface area contributed by atoms with E-state index in [0.717, 1.165) is 17.5 Å². The van der Waals surface area contributed by atoms with Crippen LogP contribution in [-0.4, -0.2) is 30.2 Å². The molecule has 1 heterocycles. The van der Waals surface area contributed by atoms with Crippen LogP contribution < -0.4 is 14.8 Å². The molecule has 0 spiro atoms. The zero-order chi connectivity index (χ0) is 18.4. The van der Waals surface area contributed by atoms with Crippen LogP contribution in [0.25, 0.3) is 0 Å². The van der Waals surface area contributed by atoms with E-state index in [1.54, 1.807) is 24.3 Å². The average molecular weight is 355 g/mol. The van der Waals surface area contributed by atoms with Gasteiger partial charge in [-0.25, -0.2) is 4.79 Å². The molecule has 6 heteroatoms. The van der Waals surface area contributed by atoms with Crippen molar-refractivity contribution < 1.29 is 24.2 Å². The number of para-hydroxylation sites is 1. The van der Waals surface area contributed by atoms with E-state index in [0.29, 0.717) is 44.1 Å². The Kier molecular flexibility index (Phi) is 5.73. The molecule has 0 fully saturated rings. The van der Waals surface area contributed by atoms with Crippen molar-refractivity contribution in [2.24, 2.45) is 0 Å². The predicted molar refractivity (Wildman–Crippen MR) is 95.6 cm³/mol. The Balaban J connectivity index is 1.52. The first kappa shape index (κ1) is 17.8. The van der Waals surface area contributed by atoms with E-state index in [1.165, 1.54) is 0 Å². The molecule has 0 unspecified atom stereocenters. The number of carbonyl (C=O) groups is 2. The molecule has 0 atom stereocenters. The van der Waals surface area contributed by atoms with Gasteiger partial charge in [-0.1, -0.05) is 24.3 Å². The summed E-state index contributed by atoms with van der Waals surface area (Å²) in [7, 11) is 0. The van der Waals surface area contributed by atoms with Crippen molar-refractivity contribution in [2.75, 3.05) is 13.2 Å². The Labute approximate surface area is 151 Å². The minimum Gasteiger partial charge on any atom is -0.490 e. The van der Waals surface area contributed by atoms with E-state index < -0.39 is 5.97 Å². The first-order valence-electron chi connectivity index (χ1n) is 8.60. The largest absolute Gasteiger partial charge is 0.490 e. The minimum absolute atomic E-state index is 0.0699. The second-order valence-electron chi connectivity index (χ2n) is 6.07. The van der Waals surface area contributed by atoms with Crippen LogP contribution in [0.2, 0.25) is 0 Å². The smallest absolute Gasteiger partial charge is 0.335 e. The number of ether oxygens (including phenoxy) is 2. The fourth-order valence-corrected chi connectivity index (χ4v) is 2.75. The summed E-state index contributed by atoms with van der Waals surface area (Å²) in [6.45, 7) is 1.61. The van der Waals surface area contributed by atoms with Gasteiger partial charge in [0.2, 0.25) is 5.91 Å². The van der Waals surface area contributed by atoms with E-state index >= 15 is 0 Å². The second-order valence-corrected chi connectivity index (χ2v) is 6.07. The van der Waals surface area contributed by atoms with Crippen LogP contribution in [0.1, 0.15) is 34.3 Å². The van der Waals surface area contributed by atoms with Gasteiger partial charge in [0.15, 0.2) is 11.5 Å². The number of aryl methyl sites for hydroxylation is 1. The van der Waals surface area contributed by atoms with E-state index in [-0.39, 0.29) is 11.5 Å². The van der Waals surface area contributed by atoms with Crippen LogP contribution in [-0.2, 0) is 17.8 Å². The molecule has 0 saturated carbocycles. The van der Waals surface area contributed by atoms with E-state index in [4.69, 9.17) is 14.6 Å². The number of amides is 1. The van der Waals surface area contributed by atoms with E-state index in [1.807, 2.05) is 18.2 Å². The third-order valence-corrected chi connectivity index (χ3v) is 4.17. The zero-order valence-corrected chi connectivity index (χ0v) is 14.4. The Morgan fingerprint density at radius 2 is 1.81 bits per heavy atom. The molecule has 0 radical (unpaired) electrons. The van der Waals surface area contributed by atoms with Crippen LogP contribution in [0.15, 0.2) is 42.5 Å². The molecule has 0 saturated heterocycles. The number of hydrogen-bond donors (Lipinski definition) is 2. The van der Waals surface area contributed by atoms with Gasteiger partial charge in [0.1, 0.15) is 0 Å². The highest BCUT2D eigenvalue weighted by molar-refractivity contribution is 5.87. The minimum atomic E-state index is -0.956.